The lowest BCUT2D eigenvalue weighted by atomic mass is 9.87. The van der Waals surface area contributed by atoms with Gasteiger partial charge in [0, 0.05) is 11.4 Å². The first-order valence-electron chi connectivity index (χ1n) is 11.9. The molecular weight excluding hydrogens is 478 g/mol. The Morgan fingerprint density at radius 3 is 2.66 bits per heavy atom. The lowest BCUT2D eigenvalue weighted by Gasteiger charge is -2.19. The van der Waals surface area contributed by atoms with E-state index in [-0.39, 0.29) is 17.1 Å². The molecule has 1 aliphatic rings. The number of thioether (sulfide) groups is 1. The second-order valence-electron chi connectivity index (χ2n) is 9.57. The first kappa shape index (κ1) is 25.3. The fraction of sp³-hybridized carbons (Fsp3) is 0.462. The highest BCUT2D eigenvalue weighted by Gasteiger charge is 2.22. The number of nitriles is 1. The van der Waals surface area contributed by atoms with Crippen LogP contribution in [-0.4, -0.2) is 26.4 Å². The van der Waals surface area contributed by atoms with Crippen molar-refractivity contribution in [3.8, 4) is 11.8 Å². The van der Waals surface area contributed by atoms with Gasteiger partial charge in [-0.25, -0.2) is 0 Å². The number of benzene rings is 1. The van der Waals surface area contributed by atoms with Gasteiger partial charge in [0.15, 0.2) is 11.0 Å². The third kappa shape index (κ3) is 5.88. The van der Waals surface area contributed by atoms with Crippen molar-refractivity contribution < 1.29 is 9.53 Å². The van der Waals surface area contributed by atoms with Crippen LogP contribution in [-0.2, 0) is 36.2 Å². The van der Waals surface area contributed by atoms with E-state index in [0.717, 1.165) is 37.0 Å². The predicted molar refractivity (Wildman–Crippen MR) is 140 cm³/mol. The van der Waals surface area contributed by atoms with Crippen molar-refractivity contribution in [2.75, 3.05) is 11.1 Å². The molecule has 0 fully saturated rings. The van der Waals surface area contributed by atoms with Crippen molar-refractivity contribution in [1.82, 2.24) is 14.8 Å². The molecule has 3 aromatic rings. The average Bonchev–Trinajstić information content (AvgIpc) is 3.40. The van der Waals surface area contributed by atoms with Gasteiger partial charge in [-0.3, -0.25) is 4.79 Å². The van der Waals surface area contributed by atoms with Gasteiger partial charge in [0.1, 0.15) is 23.4 Å². The van der Waals surface area contributed by atoms with Crippen LogP contribution in [0.25, 0.3) is 0 Å². The maximum atomic E-state index is 12.7. The Morgan fingerprint density at radius 1 is 1.23 bits per heavy atom. The third-order valence-electron chi connectivity index (χ3n) is 6.07. The van der Waals surface area contributed by atoms with Crippen molar-refractivity contribution in [1.29, 1.82) is 5.26 Å². The summed E-state index contributed by atoms with van der Waals surface area (Å²) in [6, 6.07) is 10.4. The van der Waals surface area contributed by atoms with Gasteiger partial charge in [-0.05, 0) is 61.3 Å². The molecule has 0 radical (unpaired) electrons. The number of thiophene rings is 1. The van der Waals surface area contributed by atoms with Gasteiger partial charge in [0.05, 0.1) is 11.3 Å². The van der Waals surface area contributed by atoms with E-state index in [1.165, 1.54) is 22.2 Å². The van der Waals surface area contributed by atoms with Crippen molar-refractivity contribution in [2.24, 2.45) is 0 Å². The molecule has 0 atom stereocenters. The highest BCUT2D eigenvalue weighted by molar-refractivity contribution is 7.99. The topological polar surface area (TPSA) is 92.8 Å². The molecule has 0 saturated carbocycles. The van der Waals surface area contributed by atoms with E-state index in [0.29, 0.717) is 34.7 Å². The Balaban J connectivity index is 1.35. The summed E-state index contributed by atoms with van der Waals surface area (Å²) in [5, 5.41) is 22.5. The lowest BCUT2D eigenvalue weighted by molar-refractivity contribution is -0.113. The van der Waals surface area contributed by atoms with E-state index in [4.69, 9.17) is 4.74 Å². The highest BCUT2D eigenvalue weighted by Crippen LogP contribution is 2.37. The summed E-state index contributed by atoms with van der Waals surface area (Å²) < 4.78 is 7.91. The summed E-state index contributed by atoms with van der Waals surface area (Å²) in [5.41, 5.74) is 3.10. The Labute approximate surface area is 214 Å². The van der Waals surface area contributed by atoms with E-state index in [9.17, 15) is 10.1 Å². The Morgan fingerprint density at radius 2 is 1.97 bits per heavy atom. The summed E-state index contributed by atoms with van der Waals surface area (Å²) in [5.74, 6) is 1.55. The van der Waals surface area contributed by atoms with Crippen LogP contribution in [0, 0.1) is 11.3 Å². The summed E-state index contributed by atoms with van der Waals surface area (Å²) >= 11 is 2.88. The number of aromatic nitrogens is 3. The number of carbonyl (C=O) groups is 1. The van der Waals surface area contributed by atoms with E-state index in [1.54, 1.807) is 11.3 Å². The van der Waals surface area contributed by atoms with Gasteiger partial charge in [0.25, 0.3) is 0 Å². The van der Waals surface area contributed by atoms with Crippen molar-refractivity contribution in [3.63, 3.8) is 0 Å². The molecule has 0 unspecified atom stereocenters. The number of anilines is 1. The largest absolute Gasteiger partial charge is 0.486 e. The van der Waals surface area contributed by atoms with Gasteiger partial charge in [0.2, 0.25) is 5.91 Å². The zero-order chi connectivity index (χ0) is 25.0. The van der Waals surface area contributed by atoms with Gasteiger partial charge >= 0.3 is 0 Å². The molecule has 4 rings (SSSR count). The number of amides is 1. The zero-order valence-electron chi connectivity index (χ0n) is 20.7. The number of rotatable bonds is 8. The standard InChI is InChI=1S/C26H31N5O2S2/c1-5-31-22(15-33-18-12-10-17(11-13-18)26(2,3)4)29-30-25(31)34-16-23(32)28-24-20(14-27)19-8-6-7-9-21(19)35-24/h10-13H,5-9,15-16H2,1-4H3,(H,28,32). The first-order valence-corrected chi connectivity index (χ1v) is 13.7. The number of hydrogen-bond acceptors (Lipinski definition) is 7. The monoisotopic (exact) mass is 509 g/mol. The molecule has 0 spiro atoms. The molecule has 9 heteroatoms. The molecule has 1 amide bonds. The van der Waals surface area contributed by atoms with Crippen LogP contribution in [0.15, 0.2) is 29.4 Å². The molecule has 2 heterocycles. The van der Waals surface area contributed by atoms with E-state index in [1.807, 2.05) is 23.6 Å². The molecule has 1 aliphatic carbocycles. The first-order chi connectivity index (χ1) is 16.8. The molecule has 1 aromatic carbocycles. The molecule has 0 aliphatic heterocycles. The molecule has 184 valence electrons. The van der Waals surface area contributed by atoms with Crippen LogP contribution in [0.2, 0.25) is 0 Å². The number of nitrogens with zero attached hydrogens (tertiary/aromatic N) is 4. The van der Waals surface area contributed by atoms with E-state index in [2.05, 4.69) is 54.5 Å². The van der Waals surface area contributed by atoms with Crippen LogP contribution < -0.4 is 10.1 Å². The van der Waals surface area contributed by atoms with E-state index >= 15 is 0 Å². The quantitative estimate of drug-likeness (QED) is 0.391. The Hall–Kier alpha value is -2.83. The number of ether oxygens (including phenoxy) is 1. The molecular formula is C26H31N5O2S2. The SMILES string of the molecule is CCn1c(COc2ccc(C(C)(C)C)cc2)nnc1SCC(=O)Nc1sc2c(c1C#N)CCCC2. The number of hydrogen-bond donors (Lipinski definition) is 1. The number of fused-ring (bicyclic) bond motifs is 1. The molecule has 7 nitrogen and oxygen atoms in total. The molecule has 1 N–H and O–H groups in total. The second kappa shape index (κ2) is 10.8. The van der Waals surface area contributed by atoms with Crippen LogP contribution in [0.4, 0.5) is 5.00 Å². The fourth-order valence-electron chi connectivity index (χ4n) is 4.11. The minimum absolute atomic E-state index is 0.0956. The summed E-state index contributed by atoms with van der Waals surface area (Å²) in [7, 11) is 0. The van der Waals surface area contributed by atoms with Crippen molar-refractivity contribution >= 4 is 34.0 Å². The average molecular weight is 510 g/mol. The smallest absolute Gasteiger partial charge is 0.235 e. The van der Waals surface area contributed by atoms with Crippen LogP contribution in [0.1, 0.15) is 67.9 Å². The third-order valence-corrected chi connectivity index (χ3v) is 8.24. The summed E-state index contributed by atoms with van der Waals surface area (Å²) in [4.78, 5) is 13.9. The zero-order valence-corrected chi connectivity index (χ0v) is 22.3. The number of nitrogens with one attached hydrogen (secondary N) is 1. The van der Waals surface area contributed by atoms with Gasteiger partial charge in [-0.15, -0.1) is 21.5 Å². The summed E-state index contributed by atoms with van der Waals surface area (Å²) in [6.07, 6.45) is 4.15. The lowest BCUT2D eigenvalue weighted by Crippen LogP contribution is -2.15. The predicted octanol–water partition coefficient (Wildman–Crippen LogP) is 5.72. The molecule has 0 bridgehead atoms. The molecule has 0 saturated heterocycles. The van der Waals surface area contributed by atoms with E-state index < -0.39 is 0 Å². The minimum atomic E-state index is -0.146. The highest BCUT2D eigenvalue weighted by atomic mass is 32.2. The molecule has 35 heavy (non-hydrogen) atoms. The van der Waals surface area contributed by atoms with Crippen molar-refractivity contribution in [2.45, 2.75) is 77.1 Å². The fourth-order valence-corrected chi connectivity index (χ4v) is 6.19. The van der Waals surface area contributed by atoms with Gasteiger partial charge in [-0.1, -0.05) is 44.7 Å². The molecule has 2 aromatic heterocycles. The van der Waals surface area contributed by atoms with Crippen LogP contribution in [0.5, 0.6) is 5.75 Å². The van der Waals surface area contributed by atoms with Crippen LogP contribution in [0.3, 0.4) is 0 Å². The van der Waals surface area contributed by atoms with Gasteiger partial charge in [-0.2, -0.15) is 5.26 Å². The summed E-state index contributed by atoms with van der Waals surface area (Å²) in [6.45, 7) is 9.54. The normalized spacial score (nSPS) is 13.2. The second-order valence-corrected chi connectivity index (χ2v) is 11.6. The van der Waals surface area contributed by atoms with Crippen molar-refractivity contribution in [3.05, 3.63) is 51.7 Å². The minimum Gasteiger partial charge on any atom is -0.486 e. The van der Waals surface area contributed by atoms with Gasteiger partial charge < -0.3 is 14.6 Å². The Bertz CT molecular complexity index is 1230. The number of carbonyl (C=O) groups excluding carboxylic acids is 1. The Kier molecular flexibility index (Phi) is 7.82. The maximum Gasteiger partial charge on any atom is 0.235 e. The number of aryl methyl sites for hydroxylation is 1. The van der Waals surface area contributed by atoms with Crippen LogP contribution >= 0.6 is 23.1 Å². The maximum absolute atomic E-state index is 12.7.